The molecule has 2 aliphatic heterocycles. The molecule has 0 spiro atoms. The largest absolute Gasteiger partial charge is 0.508 e. The molecule has 16 nitrogen and oxygen atoms in total. The highest BCUT2D eigenvalue weighted by Gasteiger charge is 2.38. The van der Waals surface area contributed by atoms with Crippen LogP contribution in [0.1, 0.15) is 31.9 Å². The number of aliphatic carboxylic acids is 1. The quantitative estimate of drug-likeness (QED) is 0.133. The van der Waals surface area contributed by atoms with Gasteiger partial charge in [-0.2, -0.15) is 13.2 Å². The summed E-state index contributed by atoms with van der Waals surface area (Å²) in [6, 6.07) is 26.5. The van der Waals surface area contributed by atoms with E-state index in [0.29, 0.717) is 61.3 Å². The molecule has 4 heterocycles. The molecule has 6 aromatic rings. The summed E-state index contributed by atoms with van der Waals surface area (Å²) in [4.78, 5) is 27.7. The van der Waals surface area contributed by atoms with Crippen molar-refractivity contribution in [1.29, 1.82) is 0 Å². The molecule has 0 aliphatic carbocycles. The fourth-order valence-electron chi connectivity index (χ4n) is 7.38. The van der Waals surface area contributed by atoms with Gasteiger partial charge in [-0.3, -0.25) is 9.80 Å². The van der Waals surface area contributed by atoms with E-state index in [0.717, 1.165) is 37.1 Å². The number of ether oxygens (including phenoxy) is 1. The lowest BCUT2D eigenvalue weighted by atomic mass is 10.1. The first kappa shape index (κ1) is 49.3. The van der Waals surface area contributed by atoms with Crippen molar-refractivity contribution in [2.24, 2.45) is 0 Å². The molecule has 354 valence electrons. The van der Waals surface area contributed by atoms with Crippen molar-refractivity contribution >= 4 is 53.9 Å². The van der Waals surface area contributed by atoms with E-state index in [1.807, 2.05) is 20.8 Å². The summed E-state index contributed by atoms with van der Waals surface area (Å²) in [6.45, 7) is 12.5. The number of fused-ring (bicyclic) bond motifs is 2. The van der Waals surface area contributed by atoms with Gasteiger partial charge in [0.05, 0.1) is 20.8 Å². The van der Waals surface area contributed by atoms with Gasteiger partial charge in [-0.05, 0) is 81.4 Å². The second-order valence-electron chi connectivity index (χ2n) is 16.4. The molecule has 4 N–H and O–H groups in total. The van der Waals surface area contributed by atoms with E-state index in [1.54, 1.807) is 102 Å². The van der Waals surface area contributed by atoms with Gasteiger partial charge in [0.1, 0.15) is 17.1 Å². The number of halogens is 3. The molecule has 2 saturated heterocycles. The third-order valence-electron chi connectivity index (χ3n) is 10.7. The summed E-state index contributed by atoms with van der Waals surface area (Å²) < 4.78 is 91.9. The summed E-state index contributed by atoms with van der Waals surface area (Å²) >= 11 is 0. The Kier molecular flexibility index (Phi) is 15.1. The maximum atomic E-state index is 13.1. The van der Waals surface area contributed by atoms with Crippen LogP contribution in [0.25, 0.3) is 21.8 Å². The molecule has 0 atom stereocenters. The number of piperazine rings is 2. The SMILES string of the molecule is CC(C)(C)OC(=O)N1CCN(Cc2c(O)ccc3c2ccn3S(=O)(=O)c2ccccc2)CC1.O=C(O)C(F)(F)F.O=S(=O)(c1ccccc1)n1ccc2c(CN3CCNCC3)c(O)ccc21. The number of nitrogens with zero attached hydrogens (tertiary/aromatic N) is 5. The fraction of sp³-hybridized carbons (Fsp3) is 0.333. The monoisotopic (exact) mass is 956 g/mol. The Morgan fingerprint density at radius 1 is 0.621 bits per heavy atom. The van der Waals surface area contributed by atoms with Gasteiger partial charge >= 0.3 is 18.2 Å². The number of carboxylic acids is 1. The van der Waals surface area contributed by atoms with E-state index in [2.05, 4.69) is 15.1 Å². The van der Waals surface area contributed by atoms with Crippen molar-refractivity contribution in [3.8, 4) is 11.5 Å². The average molecular weight is 957 g/mol. The van der Waals surface area contributed by atoms with Crippen LogP contribution in [-0.2, 0) is 42.7 Å². The summed E-state index contributed by atoms with van der Waals surface area (Å²) in [6.07, 6.45) is -2.32. The van der Waals surface area contributed by atoms with Crippen molar-refractivity contribution in [3.05, 3.63) is 121 Å². The Bertz CT molecular complexity index is 2870. The van der Waals surface area contributed by atoms with E-state index in [1.165, 1.54) is 20.2 Å². The smallest absolute Gasteiger partial charge is 0.490 e. The Morgan fingerprint density at radius 3 is 1.39 bits per heavy atom. The number of rotatable bonds is 8. The van der Waals surface area contributed by atoms with E-state index in [-0.39, 0.29) is 27.4 Å². The van der Waals surface area contributed by atoms with E-state index < -0.39 is 37.8 Å². The van der Waals surface area contributed by atoms with Crippen LogP contribution in [0.4, 0.5) is 18.0 Å². The number of amides is 1. The average Bonchev–Trinajstić information content (AvgIpc) is 3.93. The maximum absolute atomic E-state index is 13.1. The fourth-order valence-corrected chi connectivity index (χ4v) is 10.1. The molecule has 0 saturated carbocycles. The number of aromatic hydroxyl groups is 2. The maximum Gasteiger partial charge on any atom is 0.490 e. The topological polar surface area (TPSA) is 204 Å². The minimum absolute atomic E-state index is 0.118. The van der Waals surface area contributed by atoms with Gasteiger partial charge < -0.3 is 30.3 Å². The molecule has 1 amide bonds. The van der Waals surface area contributed by atoms with Crippen LogP contribution in [0.5, 0.6) is 11.5 Å². The van der Waals surface area contributed by atoms with Crippen LogP contribution in [0.15, 0.2) is 119 Å². The lowest BCUT2D eigenvalue weighted by molar-refractivity contribution is -0.192. The number of benzene rings is 4. The first-order chi connectivity index (χ1) is 31.1. The van der Waals surface area contributed by atoms with Gasteiger partial charge in [0.25, 0.3) is 20.0 Å². The minimum Gasteiger partial charge on any atom is -0.508 e. The first-order valence-corrected chi connectivity index (χ1v) is 23.6. The number of hydrogen-bond acceptors (Lipinski definition) is 12. The molecule has 0 radical (unpaired) electrons. The lowest BCUT2D eigenvalue weighted by Gasteiger charge is -2.35. The normalized spacial score (nSPS) is 15.4. The van der Waals surface area contributed by atoms with Gasteiger partial charge in [0.2, 0.25) is 0 Å². The molecule has 2 aliphatic rings. The zero-order valence-electron chi connectivity index (χ0n) is 36.3. The minimum atomic E-state index is -5.08. The van der Waals surface area contributed by atoms with Crippen LogP contribution in [0, 0.1) is 0 Å². The van der Waals surface area contributed by atoms with Gasteiger partial charge in [0.15, 0.2) is 0 Å². The third kappa shape index (κ3) is 11.6. The van der Waals surface area contributed by atoms with Crippen LogP contribution >= 0.6 is 0 Å². The number of alkyl halides is 3. The van der Waals surface area contributed by atoms with Crippen LogP contribution in [0.3, 0.4) is 0 Å². The number of phenolic OH excluding ortho intramolecular Hbond substituents is 2. The van der Waals surface area contributed by atoms with Crippen LogP contribution in [-0.4, -0.2) is 131 Å². The second kappa shape index (κ2) is 20.2. The summed E-state index contributed by atoms with van der Waals surface area (Å²) in [5, 5.41) is 32.8. The molecular weight excluding hydrogens is 906 g/mol. The molecule has 0 bridgehead atoms. The number of nitrogens with one attached hydrogen (secondary N) is 1. The number of carbonyl (C=O) groups excluding carboxylic acids is 1. The number of hydrogen-bond donors (Lipinski definition) is 4. The van der Waals surface area contributed by atoms with Crippen LogP contribution < -0.4 is 5.32 Å². The molecule has 66 heavy (non-hydrogen) atoms. The third-order valence-corrected chi connectivity index (χ3v) is 14.1. The Morgan fingerprint density at radius 2 is 1.02 bits per heavy atom. The second-order valence-corrected chi connectivity index (χ2v) is 20.1. The Hall–Kier alpha value is -6.13. The molecule has 0 unspecified atom stereocenters. The number of aromatic nitrogens is 2. The van der Waals surface area contributed by atoms with E-state index >= 15 is 0 Å². The number of carbonyl (C=O) groups is 2. The van der Waals surface area contributed by atoms with E-state index in [4.69, 9.17) is 14.6 Å². The Balaban J connectivity index is 0.000000194. The zero-order valence-corrected chi connectivity index (χ0v) is 38.0. The van der Waals surface area contributed by atoms with Crippen molar-refractivity contribution in [3.63, 3.8) is 0 Å². The number of phenols is 2. The first-order valence-electron chi connectivity index (χ1n) is 20.8. The van der Waals surface area contributed by atoms with Crippen LogP contribution in [0.2, 0.25) is 0 Å². The van der Waals surface area contributed by atoms with Gasteiger partial charge in [-0.15, -0.1) is 0 Å². The molecule has 2 aromatic heterocycles. The molecule has 2 fully saturated rings. The lowest BCUT2D eigenvalue weighted by Crippen LogP contribution is -2.49. The highest BCUT2D eigenvalue weighted by molar-refractivity contribution is 7.90. The highest BCUT2D eigenvalue weighted by atomic mass is 32.2. The summed E-state index contributed by atoms with van der Waals surface area (Å²) in [7, 11) is -7.43. The van der Waals surface area contributed by atoms with Crippen molar-refractivity contribution in [2.75, 3.05) is 52.4 Å². The van der Waals surface area contributed by atoms with Gasteiger partial charge in [0, 0.05) is 99.7 Å². The summed E-state index contributed by atoms with van der Waals surface area (Å²) in [5.41, 5.74) is 1.99. The van der Waals surface area contributed by atoms with Gasteiger partial charge in [-0.1, -0.05) is 36.4 Å². The Labute approximate surface area is 380 Å². The molecular formula is C45H51F3N6O10S2. The standard InChI is InChI=1S/C24H29N3O5S.C19H21N3O3S.C2HF3O2/c1-24(2,3)32-23(29)26-15-13-25(14-16-26)17-20-19-11-12-27(21(19)9-10-22(20)28)33(30,31)18-7-5-4-6-8-18;23-19-7-6-18-16(17(19)14-21-12-9-20-10-13-21)8-11-22(18)26(24,25)15-4-2-1-3-5-15;3-2(4,5)1(6)7/h4-12,28H,13-17H2,1-3H3;1-8,11,20,23H,9-10,12-14H2;(H,6,7). The molecule has 8 rings (SSSR count). The summed E-state index contributed by atoms with van der Waals surface area (Å²) in [5.74, 6) is -2.44. The van der Waals surface area contributed by atoms with Crippen molar-refractivity contribution < 1.29 is 59.7 Å². The predicted molar refractivity (Wildman–Crippen MR) is 240 cm³/mol. The van der Waals surface area contributed by atoms with Crippen molar-refractivity contribution in [1.82, 2.24) is 28.0 Å². The van der Waals surface area contributed by atoms with E-state index in [9.17, 15) is 45.0 Å². The highest BCUT2D eigenvalue weighted by Crippen LogP contribution is 2.33. The van der Waals surface area contributed by atoms with Crippen molar-refractivity contribution in [2.45, 2.75) is 55.4 Å². The zero-order chi connectivity index (χ0) is 48.0. The number of carboxylic acid groups (broad SMARTS) is 1. The molecule has 21 heteroatoms. The predicted octanol–water partition coefficient (Wildman–Crippen LogP) is 6.26. The molecule has 4 aromatic carbocycles. The van der Waals surface area contributed by atoms with Gasteiger partial charge in [-0.25, -0.2) is 34.4 Å².